The molecule has 2 rings (SSSR count). The minimum Gasteiger partial charge on any atom is -0.304 e. The van der Waals surface area contributed by atoms with Crippen molar-refractivity contribution in [1.29, 1.82) is 0 Å². The average molecular weight is 310 g/mol. The Balaban J connectivity index is 0.000000845. The quantitative estimate of drug-likeness (QED) is 0.740. The third-order valence-electron chi connectivity index (χ3n) is 1.62. The zero-order valence-electron chi connectivity index (χ0n) is 6.58. The number of pyridine rings is 1. The molecular weight excluding hydrogens is 303 g/mol. The van der Waals surface area contributed by atoms with Crippen LogP contribution in [0.4, 0.5) is 4.39 Å². The van der Waals surface area contributed by atoms with Gasteiger partial charge in [0.25, 0.3) is 0 Å². The van der Waals surface area contributed by atoms with Crippen molar-refractivity contribution >= 4 is 38.6 Å². The van der Waals surface area contributed by atoms with Crippen LogP contribution in [0.3, 0.4) is 0 Å². The molecule has 2 heterocycles. The molecule has 0 atom stereocenters. The first kappa shape index (κ1) is 10.7. The first-order valence-corrected chi connectivity index (χ1v) is 4.61. The van der Waals surface area contributed by atoms with E-state index in [1.807, 2.05) is 0 Å². The van der Waals surface area contributed by atoms with Crippen molar-refractivity contribution in [2.75, 3.05) is 0 Å². The van der Waals surface area contributed by atoms with Crippen LogP contribution in [0.15, 0.2) is 24.5 Å². The van der Waals surface area contributed by atoms with E-state index in [4.69, 9.17) is 0 Å². The number of nitrogens with zero attached hydrogens (tertiary/aromatic N) is 2. The van der Waals surface area contributed by atoms with Crippen molar-refractivity contribution in [3.63, 3.8) is 0 Å². The van der Waals surface area contributed by atoms with Crippen LogP contribution in [0.1, 0.15) is 5.69 Å². The lowest BCUT2D eigenvalue weighted by Crippen LogP contribution is -1.84. The van der Waals surface area contributed by atoms with E-state index in [9.17, 15) is 4.39 Å². The van der Waals surface area contributed by atoms with Crippen molar-refractivity contribution in [3.05, 3.63) is 36.0 Å². The topological polar surface area (TPSA) is 17.3 Å². The van der Waals surface area contributed by atoms with E-state index < -0.39 is 0 Å². The van der Waals surface area contributed by atoms with Crippen LogP contribution in [0.2, 0.25) is 0 Å². The second-order valence-electron chi connectivity index (χ2n) is 2.45. The number of alkyl halides is 1. The summed E-state index contributed by atoms with van der Waals surface area (Å²) in [5.41, 5.74) is 1.21. The molecule has 2 nitrogen and oxygen atoms in total. The van der Waals surface area contributed by atoms with Crippen LogP contribution >= 0.6 is 32.9 Å². The van der Waals surface area contributed by atoms with Gasteiger partial charge in [0, 0.05) is 17.7 Å². The molecule has 2 aromatic rings. The molecule has 70 valence electrons. The molecule has 0 aromatic carbocycles. The van der Waals surface area contributed by atoms with Crippen molar-refractivity contribution in [2.24, 2.45) is 0 Å². The SMILES string of the molecule is Br.Fc1cccn2cc(CBr)nc12. The molecule has 0 aliphatic rings. The van der Waals surface area contributed by atoms with Crippen LogP contribution in [-0.4, -0.2) is 9.38 Å². The van der Waals surface area contributed by atoms with Gasteiger partial charge in [-0.25, -0.2) is 9.37 Å². The Morgan fingerprint density at radius 3 is 2.92 bits per heavy atom. The van der Waals surface area contributed by atoms with E-state index in [0.717, 1.165) is 5.69 Å². The standard InChI is InChI=1S/C8H6BrFN2.BrH/c9-4-6-5-12-3-1-2-7(10)8(12)11-6;/h1-3,5H,4H2;1H. The zero-order valence-corrected chi connectivity index (χ0v) is 9.87. The van der Waals surface area contributed by atoms with Crippen molar-refractivity contribution in [3.8, 4) is 0 Å². The van der Waals surface area contributed by atoms with Gasteiger partial charge >= 0.3 is 0 Å². The lowest BCUT2D eigenvalue weighted by Gasteiger charge is -1.90. The number of hydrogen-bond acceptors (Lipinski definition) is 1. The summed E-state index contributed by atoms with van der Waals surface area (Å²) in [4.78, 5) is 4.07. The third kappa shape index (κ3) is 1.91. The zero-order chi connectivity index (χ0) is 8.55. The Kier molecular flexibility index (Phi) is 3.44. The monoisotopic (exact) mass is 308 g/mol. The van der Waals surface area contributed by atoms with Gasteiger partial charge in [0.15, 0.2) is 11.5 Å². The molecule has 0 N–H and O–H groups in total. The summed E-state index contributed by atoms with van der Waals surface area (Å²) >= 11 is 3.26. The molecule has 0 unspecified atom stereocenters. The van der Waals surface area contributed by atoms with Gasteiger partial charge in [0.2, 0.25) is 0 Å². The fourth-order valence-electron chi connectivity index (χ4n) is 1.09. The Bertz CT molecular complexity index is 413. The molecule has 0 amide bonds. The largest absolute Gasteiger partial charge is 0.304 e. The fourth-order valence-corrected chi connectivity index (χ4v) is 1.36. The van der Waals surface area contributed by atoms with E-state index in [1.54, 1.807) is 22.9 Å². The van der Waals surface area contributed by atoms with Gasteiger partial charge in [-0.1, -0.05) is 15.9 Å². The summed E-state index contributed by atoms with van der Waals surface area (Å²) in [5.74, 6) is -0.287. The predicted octanol–water partition coefficient (Wildman–Crippen LogP) is 2.95. The fraction of sp³-hybridized carbons (Fsp3) is 0.125. The first-order chi connectivity index (χ1) is 5.81. The number of fused-ring (bicyclic) bond motifs is 1. The number of imidazole rings is 1. The number of aromatic nitrogens is 2. The summed E-state index contributed by atoms with van der Waals surface area (Å²) in [6.07, 6.45) is 3.57. The summed E-state index contributed by atoms with van der Waals surface area (Å²) in [6, 6.07) is 3.06. The molecule has 0 saturated carbocycles. The van der Waals surface area contributed by atoms with Crippen LogP contribution in [0.5, 0.6) is 0 Å². The predicted molar refractivity (Wildman–Crippen MR) is 58.1 cm³/mol. The van der Waals surface area contributed by atoms with Crippen molar-refractivity contribution < 1.29 is 4.39 Å². The highest BCUT2D eigenvalue weighted by Gasteiger charge is 2.03. The van der Waals surface area contributed by atoms with Crippen molar-refractivity contribution in [2.45, 2.75) is 5.33 Å². The van der Waals surface area contributed by atoms with E-state index in [-0.39, 0.29) is 22.8 Å². The molecule has 0 aliphatic heterocycles. The van der Waals surface area contributed by atoms with Gasteiger partial charge in [-0.05, 0) is 12.1 Å². The van der Waals surface area contributed by atoms with Crippen molar-refractivity contribution in [1.82, 2.24) is 9.38 Å². The van der Waals surface area contributed by atoms with Crippen LogP contribution in [-0.2, 0) is 5.33 Å². The van der Waals surface area contributed by atoms with Gasteiger partial charge in [-0.15, -0.1) is 17.0 Å². The third-order valence-corrected chi connectivity index (χ3v) is 2.20. The highest BCUT2D eigenvalue weighted by Crippen LogP contribution is 2.10. The summed E-state index contributed by atoms with van der Waals surface area (Å²) in [7, 11) is 0. The normalized spacial score (nSPS) is 10.0. The lowest BCUT2D eigenvalue weighted by molar-refractivity contribution is 0.630. The highest BCUT2D eigenvalue weighted by atomic mass is 79.9. The Labute approximate surface area is 93.7 Å². The van der Waals surface area contributed by atoms with Gasteiger partial charge in [-0.3, -0.25) is 0 Å². The van der Waals surface area contributed by atoms with Crippen LogP contribution in [0, 0.1) is 5.82 Å². The molecule has 0 fully saturated rings. The molecule has 2 aromatic heterocycles. The van der Waals surface area contributed by atoms with Gasteiger partial charge < -0.3 is 4.40 Å². The van der Waals surface area contributed by atoms with Crippen LogP contribution < -0.4 is 0 Å². The minimum atomic E-state index is -0.287. The maximum absolute atomic E-state index is 13.0. The summed E-state index contributed by atoms with van der Waals surface area (Å²) in [5, 5.41) is 0.647. The minimum absolute atomic E-state index is 0. The molecule has 0 aliphatic carbocycles. The average Bonchev–Trinajstić information content (AvgIpc) is 2.49. The molecule has 0 saturated heterocycles. The van der Waals surface area contributed by atoms with E-state index in [2.05, 4.69) is 20.9 Å². The highest BCUT2D eigenvalue weighted by molar-refractivity contribution is 9.08. The van der Waals surface area contributed by atoms with Gasteiger partial charge in [0.05, 0.1) is 5.69 Å². The first-order valence-electron chi connectivity index (χ1n) is 3.49. The smallest absolute Gasteiger partial charge is 0.173 e. The maximum atomic E-state index is 13.0. The van der Waals surface area contributed by atoms with E-state index >= 15 is 0 Å². The Morgan fingerprint density at radius 2 is 2.31 bits per heavy atom. The molecule has 0 spiro atoms. The molecule has 0 bridgehead atoms. The molecule has 5 heteroatoms. The van der Waals surface area contributed by atoms with Gasteiger partial charge in [0.1, 0.15) is 0 Å². The Hall–Kier alpha value is -0.420. The number of hydrogen-bond donors (Lipinski definition) is 0. The Morgan fingerprint density at radius 1 is 1.54 bits per heavy atom. The van der Waals surface area contributed by atoms with Crippen LogP contribution in [0.25, 0.3) is 5.65 Å². The summed E-state index contributed by atoms with van der Waals surface area (Å²) in [6.45, 7) is 0. The second-order valence-corrected chi connectivity index (χ2v) is 3.01. The number of rotatable bonds is 1. The lowest BCUT2D eigenvalue weighted by atomic mass is 10.4. The van der Waals surface area contributed by atoms with E-state index in [1.165, 1.54) is 6.07 Å². The maximum Gasteiger partial charge on any atom is 0.173 e. The second kappa shape index (κ2) is 4.19. The molecule has 0 radical (unpaired) electrons. The molecule has 13 heavy (non-hydrogen) atoms. The number of halogens is 3. The van der Waals surface area contributed by atoms with Gasteiger partial charge in [-0.2, -0.15) is 0 Å². The van der Waals surface area contributed by atoms with E-state index in [0.29, 0.717) is 11.0 Å². The summed E-state index contributed by atoms with van der Waals surface area (Å²) < 4.78 is 14.7. The molecular formula is C8H7Br2FN2.